The predicted octanol–water partition coefficient (Wildman–Crippen LogP) is 2.26. The molecule has 0 spiro atoms. The number of carbonyl (C=O) groups is 1. The highest BCUT2D eigenvalue weighted by atomic mass is 32.1. The molecule has 1 amide bonds. The molecule has 1 aromatic heterocycles. The Hall–Kier alpha value is -1.07. The van der Waals surface area contributed by atoms with Crippen molar-refractivity contribution in [3.05, 3.63) is 34.7 Å². The molecule has 1 atom stereocenters. The van der Waals surface area contributed by atoms with Crippen molar-refractivity contribution in [1.82, 2.24) is 0 Å². The van der Waals surface area contributed by atoms with Gasteiger partial charge in [-0.3, -0.25) is 4.79 Å². The molecule has 0 saturated heterocycles. The molecule has 4 N–H and O–H groups in total. The van der Waals surface area contributed by atoms with E-state index in [-0.39, 0.29) is 5.56 Å². The Balaban J connectivity index is 2.46. The molecule has 7 heteroatoms. The maximum absolute atomic E-state index is 13.4. The van der Waals surface area contributed by atoms with Gasteiger partial charge in [0.1, 0.15) is 0 Å². The highest BCUT2D eigenvalue weighted by molar-refractivity contribution is 7.45. The van der Waals surface area contributed by atoms with Crippen molar-refractivity contribution in [2.75, 3.05) is 0 Å². The van der Waals surface area contributed by atoms with E-state index in [0.717, 1.165) is 4.70 Å². The van der Waals surface area contributed by atoms with E-state index in [1.165, 1.54) is 23.5 Å². The van der Waals surface area contributed by atoms with Crippen LogP contribution in [0.4, 0.5) is 4.39 Å². The lowest BCUT2D eigenvalue weighted by Crippen LogP contribution is -2.07. The third kappa shape index (κ3) is 2.45. The van der Waals surface area contributed by atoms with Crippen LogP contribution in [0.2, 0.25) is 0 Å². The molecule has 90 valence electrons. The summed E-state index contributed by atoms with van der Waals surface area (Å²) in [5, 5.41) is 0.667. The molecule has 0 aliphatic heterocycles. The first-order valence-corrected chi connectivity index (χ1v) is 6.76. The van der Waals surface area contributed by atoms with Crippen LogP contribution in [-0.2, 0) is 0 Å². The summed E-state index contributed by atoms with van der Waals surface area (Å²) in [6, 6.07) is 6.16. The summed E-state index contributed by atoms with van der Waals surface area (Å²) in [6.07, 6.45) is 0. The number of amides is 1. The van der Waals surface area contributed by atoms with E-state index in [2.05, 4.69) is 0 Å². The maximum atomic E-state index is 13.4. The standard InChI is InChI=1S/C10H9FNO3PS/c11-9(16(14)15)5-1-2-7-6(3-5)4-8(17-7)10(12)13/h1-4,9,14-15H,(H2,12,13). The van der Waals surface area contributed by atoms with Gasteiger partial charge in [-0.1, -0.05) is 6.07 Å². The van der Waals surface area contributed by atoms with Gasteiger partial charge in [0.15, 0.2) is 5.91 Å². The Labute approximate surface area is 101 Å². The van der Waals surface area contributed by atoms with Gasteiger partial charge >= 0.3 is 0 Å². The number of primary amides is 1. The van der Waals surface area contributed by atoms with Crippen LogP contribution in [0.5, 0.6) is 0 Å². The Morgan fingerprint density at radius 2 is 2.12 bits per heavy atom. The van der Waals surface area contributed by atoms with E-state index in [4.69, 9.17) is 15.5 Å². The summed E-state index contributed by atoms with van der Waals surface area (Å²) in [7, 11) is -2.65. The van der Waals surface area contributed by atoms with Crippen LogP contribution >= 0.6 is 19.7 Å². The lowest BCUT2D eigenvalue weighted by Gasteiger charge is -2.08. The Morgan fingerprint density at radius 1 is 1.41 bits per heavy atom. The number of fused-ring (bicyclic) bond motifs is 1. The zero-order valence-corrected chi connectivity index (χ0v) is 10.2. The van der Waals surface area contributed by atoms with Crippen LogP contribution in [-0.4, -0.2) is 15.7 Å². The Morgan fingerprint density at radius 3 is 2.71 bits per heavy atom. The van der Waals surface area contributed by atoms with E-state index in [1.807, 2.05) is 0 Å². The van der Waals surface area contributed by atoms with Crippen molar-refractivity contribution in [3.63, 3.8) is 0 Å². The smallest absolute Gasteiger partial charge is 0.258 e. The molecule has 1 aromatic carbocycles. The highest BCUT2D eigenvalue weighted by Crippen LogP contribution is 2.45. The van der Waals surface area contributed by atoms with Crippen molar-refractivity contribution in [1.29, 1.82) is 0 Å². The van der Waals surface area contributed by atoms with Gasteiger partial charge in [-0.25, -0.2) is 4.39 Å². The van der Waals surface area contributed by atoms with Gasteiger partial charge in [0, 0.05) is 4.70 Å². The van der Waals surface area contributed by atoms with Gasteiger partial charge in [-0.2, -0.15) is 0 Å². The van der Waals surface area contributed by atoms with Crippen molar-refractivity contribution >= 4 is 35.7 Å². The molecule has 0 aliphatic rings. The molecule has 0 aliphatic carbocycles. The third-order valence-electron chi connectivity index (χ3n) is 2.26. The fourth-order valence-electron chi connectivity index (χ4n) is 1.46. The number of hydrogen-bond acceptors (Lipinski definition) is 4. The first kappa shape index (κ1) is 12.4. The lowest BCUT2D eigenvalue weighted by molar-refractivity contribution is 0.100. The average Bonchev–Trinajstić information content (AvgIpc) is 2.70. The number of benzene rings is 1. The van der Waals surface area contributed by atoms with Crippen LogP contribution in [0.3, 0.4) is 0 Å². The molecule has 0 radical (unpaired) electrons. The number of carbonyl (C=O) groups excluding carboxylic acids is 1. The number of thiophene rings is 1. The van der Waals surface area contributed by atoms with E-state index < -0.39 is 20.2 Å². The fraction of sp³-hybridized carbons (Fsp3) is 0.100. The monoisotopic (exact) mass is 273 g/mol. The minimum Gasteiger partial charge on any atom is -0.365 e. The topological polar surface area (TPSA) is 83.6 Å². The molecule has 0 saturated carbocycles. The van der Waals surface area contributed by atoms with Gasteiger partial charge in [-0.15, -0.1) is 11.3 Å². The molecule has 2 aromatic rings. The summed E-state index contributed by atoms with van der Waals surface area (Å²) in [4.78, 5) is 29.0. The fourth-order valence-corrected chi connectivity index (χ4v) is 2.79. The van der Waals surface area contributed by atoms with E-state index >= 15 is 0 Å². The normalized spacial score (nSPS) is 13.2. The Kier molecular flexibility index (Phi) is 3.40. The summed E-state index contributed by atoms with van der Waals surface area (Å²) in [6.45, 7) is 0. The van der Waals surface area contributed by atoms with E-state index in [0.29, 0.717) is 10.3 Å². The van der Waals surface area contributed by atoms with Gasteiger partial charge in [0.25, 0.3) is 5.91 Å². The van der Waals surface area contributed by atoms with Crippen molar-refractivity contribution in [2.24, 2.45) is 5.73 Å². The van der Waals surface area contributed by atoms with Crippen LogP contribution in [0.15, 0.2) is 24.3 Å². The van der Waals surface area contributed by atoms with Gasteiger partial charge in [0.2, 0.25) is 8.38 Å². The van der Waals surface area contributed by atoms with E-state index in [9.17, 15) is 9.18 Å². The summed E-state index contributed by atoms with van der Waals surface area (Å²) >= 11 is 1.22. The third-order valence-corrected chi connectivity index (χ3v) is 4.10. The minimum absolute atomic E-state index is 0.183. The second-order valence-electron chi connectivity index (χ2n) is 3.43. The first-order chi connectivity index (χ1) is 7.99. The van der Waals surface area contributed by atoms with Crippen LogP contribution in [0.1, 0.15) is 21.1 Å². The van der Waals surface area contributed by atoms with Crippen LogP contribution in [0.25, 0.3) is 10.1 Å². The average molecular weight is 273 g/mol. The SMILES string of the molecule is NC(=O)c1cc2cc(C(F)P(O)O)ccc2s1. The summed E-state index contributed by atoms with van der Waals surface area (Å²) in [5.74, 6) is -2.33. The van der Waals surface area contributed by atoms with E-state index in [1.54, 1.807) is 12.1 Å². The minimum atomic E-state index is -2.65. The largest absolute Gasteiger partial charge is 0.365 e. The zero-order chi connectivity index (χ0) is 12.6. The molecule has 0 fully saturated rings. The molecular formula is C10H9FNO3PS. The number of hydrogen-bond donors (Lipinski definition) is 3. The number of rotatable bonds is 3. The quantitative estimate of drug-likeness (QED) is 0.750. The number of nitrogens with two attached hydrogens (primary N) is 1. The summed E-state index contributed by atoms with van der Waals surface area (Å²) < 4.78 is 14.2. The summed E-state index contributed by atoms with van der Waals surface area (Å²) in [5.41, 5.74) is 5.33. The Bertz CT molecular complexity index is 572. The first-order valence-electron chi connectivity index (χ1n) is 4.63. The number of alkyl halides is 1. The molecule has 0 bridgehead atoms. The maximum Gasteiger partial charge on any atom is 0.258 e. The molecular weight excluding hydrogens is 264 g/mol. The number of halogens is 1. The van der Waals surface area contributed by atoms with Crippen LogP contribution < -0.4 is 5.73 Å². The van der Waals surface area contributed by atoms with Gasteiger partial charge in [0.05, 0.1) is 4.88 Å². The van der Waals surface area contributed by atoms with Crippen molar-refractivity contribution in [3.8, 4) is 0 Å². The second kappa shape index (κ2) is 4.66. The van der Waals surface area contributed by atoms with Crippen LogP contribution in [0, 0.1) is 0 Å². The predicted molar refractivity (Wildman–Crippen MR) is 65.5 cm³/mol. The van der Waals surface area contributed by atoms with Crippen molar-refractivity contribution < 1.29 is 19.0 Å². The lowest BCUT2D eigenvalue weighted by atomic mass is 10.2. The second-order valence-corrected chi connectivity index (χ2v) is 5.61. The molecule has 17 heavy (non-hydrogen) atoms. The van der Waals surface area contributed by atoms with Gasteiger partial charge < -0.3 is 15.5 Å². The van der Waals surface area contributed by atoms with Crippen molar-refractivity contribution in [2.45, 2.75) is 5.91 Å². The molecule has 4 nitrogen and oxygen atoms in total. The van der Waals surface area contributed by atoms with Gasteiger partial charge in [-0.05, 0) is 29.1 Å². The molecule has 2 rings (SSSR count). The molecule has 1 heterocycles. The zero-order valence-electron chi connectivity index (χ0n) is 8.50. The molecule has 1 unspecified atom stereocenters. The highest BCUT2D eigenvalue weighted by Gasteiger charge is 2.19.